The van der Waals surface area contributed by atoms with Crippen LogP contribution in [0.1, 0.15) is 33.1 Å². The molecule has 24 heavy (non-hydrogen) atoms. The number of aromatic nitrogens is 2. The van der Waals surface area contributed by atoms with Gasteiger partial charge in [0.1, 0.15) is 0 Å². The molecule has 128 valence electrons. The number of nitrogens with zero attached hydrogens (tertiary/aromatic N) is 3. The van der Waals surface area contributed by atoms with Gasteiger partial charge >= 0.3 is 5.97 Å². The van der Waals surface area contributed by atoms with E-state index in [4.69, 9.17) is 4.74 Å². The molecule has 2 heterocycles. The number of para-hydroxylation sites is 2. The SMILES string of the molecule is CCCn1c(=NC(=O)CC2COC(=O)C2)n(CC)c2ccccc21. The molecular formula is C18H23N3O3. The molecule has 6 nitrogen and oxygen atoms in total. The van der Waals surface area contributed by atoms with Gasteiger partial charge in [0.05, 0.1) is 24.1 Å². The molecule has 1 aromatic heterocycles. The fourth-order valence-electron chi connectivity index (χ4n) is 3.26. The second-order valence-electron chi connectivity index (χ2n) is 6.15. The quantitative estimate of drug-likeness (QED) is 0.790. The van der Waals surface area contributed by atoms with Crippen LogP contribution >= 0.6 is 0 Å². The lowest BCUT2D eigenvalue weighted by molar-refractivity contribution is -0.138. The monoisotopic (exact) mass is 329 g/mol. The number of ether oxygens (including phenoxy) is 1. The maximum absolute atomic E-state index is 12.4. The van der Waals surface area contributed by atoms with Crippen LogP contribution in [-0.2, 0) is 27.4 Å². The largest absolute Gasteiger partial charge is 0.465 e. The molecule has 0 N–H and O–H groups in total. The Hall–Kier alpha value is -2.37. The lowest BCUT2D eigenvalue weighted by Crippen LogP contribution is -2.27. The van der Waals surface area contributed by atoms with Crippen LogP contribution in [0.15, 0.2) is 29.3 Å². The van der Waals surface area contributed by atoms with Gasteiger partial charge in [-0.3, -0.25) is 9.59 Å². The Labute approximate surface area is 140 Å². The molecule has 2 aromatic rings. The maximum atomic E-state index is 12.4. The predicted octanol–water partition coefficient (Wildman–Crippen LogP) is 2.25. The van der Waals surface area contributed by atoms with Crippen molar-refractivity contribution >= 4 is 22.9 Å². The van der Waals surface area contributed by atoms with Crippen molar-refractivity contribution in [3.8, 4) is 0 Å². The van der Waals surface area contributed by atoms with E-state index in [0.29, 0.717) is 18.6 Å². The van der Waals surface area contributed by atoms with Crippen LogP contribution in [0.2, 0.25) is 0 Å². The number of rotatable bonds is 5. The van der Waals surface area contributed by atoms with E-state index in [0.717, 1.165) is 30.5 Å². The Balaban J connectivity index is 2.01. The first kappa shape index (κ1) is 16.5. The van der Waals surface area contributed by atoms with E-state index in [2.05, 4.69) is 40.1 Å². The minimum Gasteiger partial charge on any atom is -0.465 e. The first-order valence-electron chi connectivity index (χ1n) is 8.55. The Morgan fingerprint density at radius 3 is 2.54 bits per heavy atom. The third-order valence-electron chi connectivity index (χ3n) is 4.33. The Morgan fingerprint density at radius 1 is 1.25 bits per heavy atom. The van der Waals surface area contributed by atoms with E-state index in [9.17, 15) is 9.59 Å². The lowest BCUT2D eigenvalue weighted by atomic mass is 10.1. The van der Waals surface area contributed by atoms with Gasteiger partial charge in [0.25, 0.3) is 0 Å². The van der Waals surface area contributed by atoms with Gasteiger partial charge in [0.2, 0.25) is 11.5 Å². The Kier molecular flexibility index (Phi) is 4.83. The number of carbonyl (C=O) groups excluding carboxylic acids is 2. The number of cyclic esters (lactones) is 1. The van der Waals surface area contributed by atoms with Crippen LogP contribution in [0.5, 0.6) is 0 Å². The average Bonchev–Trinajstić information content (AvgIpc) is 3.10. The van der Waals surface area contributed by atoms with E-state index in [1.54, 1.807) is 0 Å². The molecule has 0 aliphatic carbocycles. The number of esters is 1. The summed E-state index contributed by atoms with van der Waals surface area (Å²) in [6, 6.07) is 8.11. The highest BCUT2D eigenvalue weighted by Gasteiger charge is 2.26. The first-order valence-corrected chi connectivity index (χ1v) is 8.55. The van der Waals surface area contributed by atoms with Crippen molar-refractivity contribution in [2.24, 2.45) is 10.9 Å². The number of benzene rings is 1. The van der Waals surface area contributed by atoms with E-state index in [-0.39, 0.29) is 24.2 Å². The van der Waals surface area contributed by atoms with Crippen LogP contribution in [0, 0.1) is 5.92 Å². The molecule has 0 spiro atoms. The molecule has 3 rings (SSSR count). The fourth-order valence-corrected chi connectivity index (χ4v) is 3.26. The summed E-state index contributed by atoms with van der Waals surface area (Å²) in [5.41, 5.74) is 2.86. The van der Waals surface area contributed by atoms with Crippen molar-refractivity contribution in [2.75, 3.05) is 6.61 Å². The van der Waals surface area contributed by atoms with Crippen molar-refractivity contribution in [1.29, 1.82) is 0 Å². The van der Waals surface area contributed by atoms with Crippen molar-refractivity contribution in [1.82, 2.24) is 9.13 Å². The molecular weight excluding hydrogens is 306 g/mol. The zero-order chi connectivity index (χ0) is 17.1. The summed E-state index contributed by atoms with van der Waals surface area (Å²) >= 11 is 0. The number of hydrogen-bond donors (Lipinski definition) is 0. The van der Waals surface area contributed by atoms with Crippen LogP contribution < -0.4 is 5.62 Å². The third kappa shape index (κ3) is 3.13. The molecule has 1 atom stereocenters. The highest BCUT2D eigenvalue weighted by atomic mass is 16.5. The molecule has 1 aliphatic rings. The van der Waals surface area contributed by atoms with Gasteiger partial charge in [-0.05, 0) is 25.5 Å². The third-order valence-corrected chi connectivity index (χ3v) is 4.33. The average molecular weight is 329 g/mol. The molecule has 6 heteroatoms. The topological polar surface area (TPSA) is 65.6 Å². The number of fused-ring (bicyclic) bond motifs is 1. The Bertz CT molecular complexity index is 832. The highest BCUT2D eigenvalue weighted by molar-refractivity contribution is 5.80. The van der Waals surface area contributed by atoms with E-state index >= 15 is 0 Å². The molecule has 1 aliphatic heterocycles. The van der Waals surface area contributed by atoms with Crippen LogP contribution in [-0.4, -0.2) is 27.6 Å². The molecule has 1 unspecified atom stereocenters. The van der Waals surface area contributed by atoms with Crippen molar-refractivity contribution in [3.63, 3.8) is 0 Å². The van der Waals surface area contributed by atoms with Gasteiger partial charge in [-0.1, -0.05) is 19.1 Å². The molecule has 1 fully saturated rings. The summed E-state index contributed by atoms with van der Waals surface area (Å²) in [5.74, 6) is -0.468. The molecule has 0 bridgehead atoms. The van der Waals surface area contributed by atoms with Gasteiger partial charge in [-0.2, -0.15) is 4.99 Å². The zero-order valence-corrected chi connectivity index (χ0v) is 14.2. The standard InChI is InChI=1S/C18H23N3O3/c1-3-9-21-15-8-6-5-7-14(15)20(4-2)18(21)19-16(22)10-13-11-17(23)24-12-13/h5-8,13H,3-4,9-12H2,1-2H3. The van der Waals surface area contributed by atoms with Gasteiger partial charge in [-0.15, -0.1) is 0 Å². The summed E-state index contributed by atoms with van der Waals surface area (Å²) in [5, 5.41) is 0. The molecule has 0 radical (unpaired) electrons. The molecule has 1 saturated heterocycles. The van der Waals surface area contributed by atoms with Crippen LogP contribution in [0.4, 0.5) is 0 Å². The van der Waals surface area contributed by atoms with Gasteiger partial charge < -0.3 is 13.9 Å². The Morgan fingerprint density at radius 2 is 1.96 bits per heavy atom. The maximum Gasteiger partial charge on any atom is 0.306 e. The van der Waals surface area contributed by atoms with Crippen LogP contribution in [0.25, 0.3) is 11.0 Å². The van der Waals surface area contributed by atoms with Gasteiger partial charge in [0.15, 0.2) is 0 Å². The van der Waals surface area contributed by atoms with Crippen molar-refractivity contribution in [3.05, 3.63) is 29.9 Å². The summed E-state index contributed by atoms with van der Waals surface area (Å²) in [6.45, 7) is 6.04. The zero-order valence-electron chi connectivity index (χ0n) is 14.2. The van der Waals surface area contributed by atoms with Gasteiger partial charge in [-0.25, -0.2) is 0 Å². The number of amides is 1. The van der Waals surface area contributed by atoms with Gasteiger partial charge in [0, 0.05) is 25.4 Å². The van der Waals surface area contributed by atoms with Crippen LogP contribution in [0.3, 0.4) is 0 Å². The summed E-state index contributed by atoms with van der Waals surface area (Å²) in [6.07, 6.45) is 1.53. The second-order valence-corrected chi connectivity index (χ2v) is 6.15. The lowest BCUT2D eigenvalue weighted by Gasteiger charge is -2.04. The first-order chi connectivity index (χ1) is 11.6. The number of carbonyl (C=O) groups is 2. The fraction of sp³-hybridized carbons (Fsp3) is 0.500. The smallest absolute Gasteiger partial charge is 0.306 e. The number of aryl methyl sites for hydroxylation is 2. The minimum absolute atomic E-state index is 0.0483. The summed E-state index contributed by atoms with van der Waals surface area (Å²) in [7, 11) is 0. The van der Waals surface area contributed by atoms with Crippen molar-refractivity contribution < 1.29 is 14.3 Å². The molecule has 0 saturated carbocycles. The molecule has 1 amide bonds. The molecule has 1 aromatic carbocycles. The summed E-state index contributed by atoms with van der Waals surface area (Å²) < 4.78 is 9.10. The van der Waals surface area contributed by atoms with E-state index in [1.165, 1.54) is 0 Å². The second kappa shape index (κ2) is 7.03. The predicted molar refractivity (Wildman–Crippen MR) is 90.1 cm³/mol. The highest BCUT2D eigenvalue weighted by Crippen LogP contribution is 2.18. The number of hydrogen-bond acceptors (Lipinski definition) is 3. The minimum atomic E-state index is -0.225. The normalized spacial score (nSPS) is 18.3. The summed E-state index contributed by atoms with van der Waals surface area (Å²) in [4.78, 5) is 28.0. The number of imidazole rings is 1. The van der Waals surface area contributed by atoms with Crippen molar-refractivity contribution in [2.45, 2.75) is 46.2 Å². The van der Waals surface area contributed by atoms with E-state index in [1.807, 2.05) is 12.1 Å². The van der Waals surface area contributed by atoms with E-state index < -0.39 is 0 Å².